The van der Waals surface area contributed by atoms with Gasteiger partial charge in [-0.1, -0.05) is 36.4 Å². The molecule has 0 saturated carbocycles. The van der Waals surface area contributed by atoms with Crippen molar-refractivity contribution in [2.45, 2.75) is 36.7 Å². The lowest BCUT2D eigenvalue weighted by molar-refractivity contribution is 0.480. The molecule has 2 atom stereocenters. The van der Waals surface area contributed by atoms with E-state index in [0.717, 1.165) is 17.2 Å². The highest BCUT2D eigenvalue weighted by Gasteiger charge is 2.21. The zero-order valence-electron chi connectivity index (χ0n) is 14.7. The van der Waals surface area contributed by atoms with Crippen molar-refractivity contribution >= 4 is 20.8 Å². The van der Waals surface area contributed by atoms with E-state index in [0.29, 0.717) is 6.42 Å². The first-order valence-electron chi connectivity index (χ1n) is 8.61. The summed E-state index contributed by atoms with van der Waals surface area (Å²) in [5.74, 6) is 0. The first-order valence-corrected chi connectivity index (χ1v) is 10.1. The molecule has 0 bridgehead atoms. The standard InChI is InChI=1S/C20H23N3O2S/c1-15(20(21)10-7-16-5-3-2-4-6-16)23-26(24,25)19-9-8-18-14-22-12-11-17(18)13-19/h2-6,8-9,11-15,20,23H,7,10,21H2,1H3/t15-,20?/m1/s1. The van der Waals surface area contributed by atoms with Gasteiger partial charge in [0.25, 0.3) is 0 Å². The normalized spacial score (nSPS) is 14.2. The molecule has 0 aliphatic heterocycles. The van der Waals surface area contributed by atoms with E-state index in [-0.39, 0.29) is 17.0 Å². The second-order valence-electron chi connectivity index (χ2n) is 6.48. The third kappa shape index (κ3) is 4.46. The molecule has 1 unspecified atom stereocenters. The Morgan fingerprint density at radius 3 is 2.62 bits per heavy atom. The van der Waals surface area contributed by atoms with Crippen LogP contribution in [0.25, 0.3) is 10.8 Å². The molecule has 26 heavy (non-hydrogen) atoms. The minimum Gasteiger partial charge on any atom is -0.326 e. The Bertz CT molecular complexity index is 975. The van der Waals surface area contributed by atoms with Crippen molar-refractivity contribution in [2.24, 2.45) is 5.73 Å². The predicted octanol–water partition coefficient (Wildman–Crippen LogP) is 2.86. The minimum absolute atomic E-state index is 0.235. The fraction of sp³-hybridized carbons (Fsp3) is 0.250. The van der Waals surface area contributed by atoms with Gasteiger partial charge in [0.2, 0.25) is 10.0 Å². The van der Waals surface area contributed by atoms with Gasteiger partial charge >= 0.3 is 0 Å². The van der Waals surface area contributed by atoms with Crippen molar-refractivity contribution in [3.63, 3.8) is 0 Å². The van der Waals surface area contributed by atoms with Crippen LogP contribution < -0.4 is 10.5 Å². The van der Waals surface area contributed by atoms with Crippen LogP contribution in [0.3, 0.4) is 0 Å². The topological polar surface area (TPSA) is 85.1 Å². The number of rotatable bonds is 7. The second-order valence-corrected chi connectivity index (χ2v) is 8.20. The molecule has 136 valence electrons. The highest BCUT2D eigenvalue weighted by atomic mass is 32.2. The van der Waals surface area contributed by atoms with Gasteiger partial charge in [0.15, 0.2) is 0 Å². The number of nitrogens with zero attached hydrogens (tertiary/aromatic N) is 1. The largest absolute Gasteiger partial charge is 0.326 e. The van der Waals surface area contributed by atoms with E-state index in [2.05, 4.69) is 9.71 Å². The Balaban J connectivity index is 1.67. The summed E-state index contributed by atoms with van der Waals surface area (Å²) >= 11 is 0. The van der Waals surface area contributed by atoms with Gasteiger partial charge in [-0.05, 0) is 48.9 Å². The number of aromatic nitrogens is 1. The average molecular weight is 369 g/mol. The molecule has 5 nitrogen and oxygen atoms in total. The van der Waals surface area contributed by atoms with Gasteiger partial charge < -0.3 is 5.73 Å². The number of fused-ring (bicyclic) bond motifs is 1. The maximum atomic E-state index is 12.7. The molecule has 3 aromatic rings. The molecule has 0 radical (unpaired) electrons. The van der Waals surface area contributed by atoms with Gasteiger partial charge in [-0.3, -0.25) is 4.98 Å². The number of sulfonamides is 1. The van der Waals surface area contributed by atoms with Crippen molar-refractivity contribution in [2.75, 3.05) is 0 Å². The Kier molecular flexibility index (Phi) is 5.66. The van der Waals surface area contributed by atoms with E-state index < -0.39 is 10.0 Å². The number of nitrogens with two attached hydrogens (primary N) is 1. The number of hydrogen-bond acceptors (Lipinski definition) is 4. The molecule has 0 saturated heterocycles. The monoisotopic (exact) mass is 369 g/mol. The number of pyridine rings is 1. The average Bonchev–Trinajstić information content (AvgIpc) is 2.66. The third-order valence-corrected chi connectivity index (χ3v) is 6.07. The summed E-state index contributed by atoms with van der Waals surface area (Å²) < 4.78 is 28.1. The number of hydrogen-bond donors (Lipinski definition) is 2. The van der Waals surface area contributed by atoms with Crippen LogP contribution in [0.5, 0.6) is 0 Å². The lowest BCUT2D eigenvalue weighted by Gasteiger charge is -2.21. The molecule has 0 amide bonds. The van der Waals surface area contributed by atoms with Gasteiger partial charge in [0.1, 0.15) is 0 Å². The summed E-state index contributed by atoms with van der Waals surface area (Å²) in [6.45, 7) is 1.80. The van der Waals surface area contributed by atoms with E-state index in [1.165, 1.54) is 5.56 Å². The van der Waals surface area contributed by atoms with Crippen LogP contribution in [0.2, 0.25) is 0 Å². The van der Waals surface area contributed by atoms with Crippen LogP contribution in [-0.4, -0.2) is 25.5 Å². The van der Waals surface area contributed by atoms with E-state index in [4.69, 9.17) is 5.73 Å². The van der Waals surface area contributed by atoms with Gasteiger partial charge in [0, 0.05) is 29.9 Å². The van der Waals surface area contributed by atoms with Crippen LogP contribution in [0.15, 0.2) is 71.9 Å². The molecule has 1 heterocycles. The summed E-state index contributed by atoms with van der Waals surface area (Å²) in [5.41, 5.74) is 7.40. The van der Waals surface area contributed by atoms with E-state index >= 15 is 0 Å². The molecule has 0 fully saturated rings. The summed E-state index contributed by atoms with van der Waals surface area (Å²) in [6.07, 6.45) is 4.88. The van der Waals surface area contributed by atoms with Crippen LogP contribution in [-0.2, 0) is 16.4 Å². The zero-order valence-corrected chi connectivity index (χ0v) is 15.5. The molecular weight excluding hydrogens is 346 g/mol. The molecular formula is C20H23N3O2S. The SMILES string of the molecule is C[C@@H](NS(=O)(=O)c1ccc2cnccc2c1)C(N)CCc1ccccc1. The molecule has 6 heteroatoms. The molecule has 0 aliphatic carbocycles. The van der Waals surface area contributed by atoms with Crippen LogP contribution in [0, 0.1) is 0 Å². The number of benzene rings is 2. The molecule has 0 aliphatic rings. The molecule has 3 N–H and O–H groups in total. The maximum absolute atomic E-state index is 12.7. The summed E-state index contributed by atoms with van der Waals surface area (Å²) in [4.78, 5) is 4.27. The Morgan fingerprint density at radius 2 is 1.85 bits per heavy atom. The highest BCUT2D eigenvalue weighted by Crippen LogP contribution is 2.18. The quantitative estimate of drug-likeness (QED) is 0.671. The van der Waals surface area contributed by atoms with Crippen molar-refractivity contribution in [3.05, 3.63) is 72.6 Å². The Hall–Kier alpha value is -2.28. The van der Waals surface area contributed by atoms with Crippen molar-refractivity contribution in [3.8, 4) is 0 Å². The van der Waals surface area contributed by atoms with Crippen molar-refractivity contribution in [1.82, 2.24) is 9.71 Å². The smallest absolute Gasteiger partial charge is 0.240 e. The summed E-state index contributed by atoms with van der Waals surface area (Å²) in [6, 6.07) is 16.2. The van der Waals surface area contributed by atoms with E-state index in [1.807, 2.05) is 30.3 Å². The highest BCUT2D eigenvalue weighted by molar-refractivity contribution is 7.89. The maximum Gasteiger partial charge on any atom is 0.240 e. The first-order chi connectivity index (χ1) is 12.5. The van der Waals surface area contributed by atoms with Crippen molar-refractivity contribution < 1.29 is 8.42 Å². The van der Waals surface area contributed by atoms with Crippen LogP contribution >= 0.6 is 0 Å². The summed E-state index contributed by atoms with van der Waals surface area (Å²) in [5, 5.41) is 1.74. The minimum atomic E-state index is -3.63. The third-order valence-electron chi connectivity index (χ3n) is 4.51. The van der Waals surface area contributed by atoms with Gasteiger partial charge in [-0.25, -0.2) is 13.1 Å². The lowest BCUT2D eigenvalue weighted by Crippen LogP contribution is -2.45. The Labute approximate surface area is 154 Å². The van der Waals surface area contributed by atoms with Gasteiger partial charge in [0.05, 0.1) is 4.90 Å². The predicted molar refractivity (Wildman–Crippen MR) is 104 cm³/mol. The van der Waals surface area contributed by atoms with Crippen molar-refractivity contribution in [1.29, 1.82) is 0 Å². The molecule has 1 aromatic heterocycles. The molecule has 0 spiro atoms. The zero-order chi connectivity index (χ0) is 18.6. The fourth-order valence-corrected chi connectivity index (χ4v) is 4.19. The van der Waals surface area contributed by atoms with Gasteiger partial charge in [-0.15, -0.1) is 0 Å². The van der Waals surface area contributed by atoms with E-state index in [1.54, 1.807) is 43.6 Å². The summed E-state index contributed by atoms with van der Waals surface area (Å²) in [7, 11) is -3.63. The van der Waals surface area contributed by atoms with E-state index in [9.17, 15) is 8.42 Å². The Morgan fingerprint density at radius 1 is 1.08 bits per heavy atom. The van der Waals surface area contributed by atoms with Crippen LogP contribution in [0.4, 0.5) is 0 Å². The number of nitrogens with one attached hydrogen (secondary N) is 1. The number of aryl methyl sites for hydroxylation is 1. The lowest BCUT2D eigenvalue weighted by atomic mass is 10.0. The molecule has 3 rings (SSSR count). The molecule has 2 aromatic carbocycles. The van der Waals surface area contributed by atoms with Gasteiger partial charge in [-0.2, -0.15) is 0 Å². The van der Waals surface area contributed by atoms with Crippen LogP contribution in [0.1, 0.15) is 18.9 Å². The fourth-order valence-electron chi connectivity index (χ4n) is 2.86. The second kappa shape index (κ2) is 7.95. The first kappa shape index (κ1) is 18.5.